The zero-order chi connectivity index (χ0) is 48.4. The monoisotopic (exact) mass is 958 g/mol. The molecule has 0 aliphatic rings. The second-order valence-corrected chi connectivity index (χ2v) is 11.1. The number of alkyl halides is 34. The molecule has 0 aliphatic heterocycles. The van der Waals surface area contributed by atoms with E-state index in [9.17, 15) is 154 Å². The van der Waals surface area contributed by atoms with Gasteiger partial charge in [0.25, 0.3) is 0 Å². The van der Waals surface area contributed by atoms with Crippen LogP contribution in [0, 0.1) is 0 Å². The highest BCUT2D eigenvalue weighted by atomic mass is 19.4. The van der Waals surface area contributed by atoms with Gasteiger partial charge in [0, 0.05) is 11.1 Å². The van der Waals surface area contributed by atoms with Crippen molar-refractivity contribution >= 4 is 5.97 Å². The quantitative estimate of drug-likeness (QED) is 0.178. The lowest BCUT2D eigenvalue weighted by atomic mass is 9.84. The third-order valence-electron chi connectivity index (χ3n) is 7.35. The van der Waals surface area contributed by atoms with E-state index >= 15 is 0 Å². The fourth-order valence-corrected chi connectivity index (χ4v) is 3.80. The number of aromatic carboxylic acids is 1. The molecule has 0 radical (unpaired) electrons. The van der Waals surface area contributed by atoms with Crippen molar-refractivity contribution in [2.24, 2.45) is 0 Å². The Labute approximate surface area is 296 Å². The summed E-state index contributed by atoms with van der Waals surface area (Å²) in [6, 6.07) is -5.91. The number of carboxylic acids is 1. The van der Waals surface area contributed by atoms with Crippen LogP contribution in [0.25, 0.3) is 0 Å². The summed E-state index contributed by atoms with van der Waals surface area (Å²) >= 11 is 0. The summed E-state index contributed by atoms with van der Waals surface area (Å²) < 4.78 is 462. The second kappa shape index (κ2) is 13.4. The van der Waals surface area contributed by atoms with Crippen molar-refractivity contribution in [1.29, 1.82) is 0 Å². The van der Waals surface area contributed by atoms with Crippen LogP contribution in [0.4, 0.5) is 149 Å². The molecule has 0 unspecified atom stereocenters. The largest absolute Gasteiger partial charge is 0.478 e. The Kier molecular flexibility index (Phi) is 12.1. The first-order valence-electron chi connectivity index (χ1n) is 12.8. The van der Waals surface area contributed by atoms with Crippen molar-refractivity contribution < 1.29 is 159 Å². The van der Waals surface area contributed by atoms with Gasteiger partial charge >= 0.3 is 101 Å². The van der Waals surface area contributed by atoms with Gasteiger partial charge in [-0.1, -0.05) is 0 Å². The van der Waals surface area contributed by atoms with Gasteiger partial charge in [-0.15, -0.1) is 0 Å². The minimum Gasteiger partial charge on any atom is -0.478 e. The first-order chi connectivity index (χ1) is 25.0. The highest BCUT2D eigenvalue weighted by Gasteiger charge is 2.97. The Balaban J connectivity index is 4.25. The van der Waals surface area contributed by atoms with E-state index in [2.05, 4.69) is 0 Å². The summed E-state index contributed by atoms with van der Waals surface area (Å²) in [4.78, 5) is 11.1. The molecule has 0 spiro atoms. The van der Waals surface area contributed by atoms with E-state index in [-0.39, 0.29) is 0 Å². The van der Waals surface area contributed by atoms with Crippen molar-refractivity contribution in [3.8, 4) is 0 Å². The molecule has 0 amide bonds. The van der Waals surface area contributed by atoms with E-state index in [1.54, 1.807) is 0 Å². The highest BCUT2D eigenvalue weighted by Crippen LogP contribution is 2.67. The highest BCUT2D eigenvalue weighted by molar-refractivity contribution is 5.88. The molecule has 59 heavy (non-hydrogen) atoms. The third-order valence-corrected chi connectivity index (χ3v) is 7.35. The van der Waals surface area contributed by atoms with Gasteiger partial charge in [0.15, 0.2) is 0 Å². The average molecular weight is 958 g/mol. The standard InChI is InChI=1S/C23H4F34O2/c24-8(25,10(28,29)12(32,33)14(36,37)16(40,41)18(44,45)20(48,49)22(52,53)54)5-1-4(7(58)59)2-6(3-5)9(26,27)11(30,31)13(34,35)15(38,39)17(42,43)19(46,47)21(50,51)23(55,56)57/h1-3H,(H,58,59). The van der Waals surface area contributed by atoms with E-state index in [4.69, 9.17) is 5.11 Å². The molecule has 346 valence electrons. The predicted molar refractivity (Wildman–Crippen MR) is 113 cm³/mol. The summed E-state index contributed by atoms with van der Waals surface area (Å²) in [6.07, 6.45) is -16.5. The maximum atomic E-state index is 14.7. The number of carboxylic acid groups (broad SMARTS) is 1. The van der Waals surface area contributed by atoms with Gasteiger partial charge < -0.3 is 5.11 Å². The molecule has 0 saturated carbocycles. The van der Waals surface area contributed by atoms with E-state index in [1.807, 2.05) is 0 Å². The Morgan fingerprint density at radius 3 is 0.627 bits per heavy atom. The molecular formula is C23H4F34O2. The SMILES string of the molecule is O=C(O)c1cc(C(F)(F)C(F)(F)C(F)(F)C(F)(F)C(F)(F)C(F)(F)C(F)(F)C(F)(F)F)cc(C(F)(F)C(F)(F)C(F)(F)C(F)(F)C(F)(F)C(F)(F)C(F)(F)C(F)(F)F)c1. The van der Waals surface area contributed by atoms with E-state index in [0.29, 0.717) is 0 Å². The van der Waals surface area contributed by atoms with Crippen LogP contribution in [0.3, 0.4) is 0 Å². The van der Waals surface area contributed by atoms with Gasteiger partial charge in [-0.3, -0.25) is 0 Å². The summed E-state index contributed by atoms with van der Waals surface area (Å²) in [5.74, 6) is -130. The Morgan fingerprint density at radius 2 is 0.458 bits per heavy atom. The lowest BCUT2D eigenvalue weighted by Gasteiger charge is -2.43. The molecule has 1 aromatic carbocycles. The van der Waals surface area contributed by atoms with Crippen molar-refractivity contribution in [3.05, 3.63) is 34.9 Å². The van der Waals surface area contributed by atoms with Crippen LogP contribution in [-0.2, 0) is 11.8 Å². The first-order valence-corrected chi connectivity index (χ1v) is 12.8. The van der Waals surface area contributed by atoms with Crippen LogP contribution in [-0.4, -0.2) is 94.5 Å². The molecule has 1 N–H and O–H groups in total. The van der Waals surface area contributed by atoms with Crippen molar-refractivity contribution in [1.82, 2.24) is 0 Å². The Hall–Kier alpha value is -3.69. The third kappa shape index (κ3) is 6.58. The van der Waals surface area contributed by atoms with Crippen molar-refractivity contribution in [3.63, 3.8) is 0 Å². The van der Waals surface area contributed by atoms with Crippen LogP contribution in [0.5, 0.6) is 0 Å². The average Bonchev–Trinajstić information content (AvgIpc) is 3.02. The normalized spacial score (nSPS) is 16.4. The van der Waals surface area contributed by atoms with E-state index in [1.165, 1.54) is 0 Å². The first kappa shape index (κ1) is 53.3. The summed E-state index contributed by atoms with van der Waals surface area (Å²) in [7, 11) is 0. The van der Waals surface area contributed by atoms with Gasteiger partial charge in [-0.2, -0.15) is 149 Å². The molecule has 0 aromatic heterocycles. The number of rotatable bonds is 15. The minimum absolute atomic E-state index is 1.74. The fourth-order valence-electron chi connectivity index (χ4n) is 3.80. The van der Waals surface area contributed by atoms with Crippen molar-refractivity contribution in [2.45, 2.75) is 95.3 Å². The number of halogens is 34. The van der Waals surface area contributed by atoms with Crippen LogP contribution >= 0.6 is 0 Å². The van der Waals surface area contributed by atoms with Gasteiger partial charge in [0.1, 0.15) is 0 Å². The molecule has 1 aromatic rings. The van der Waals surface area contributed by atoms with Gasteiger partial charge in [-0.05, 0) is 18.2 Å². The van der Waals surface area contributed by atoms with E-state index < -0.39 is 136 Å². The number of hydrogen-bond acceptors (Lipinski definition) is 1. The zero-order valence-corrected chi connectivity index (χ0v) is 25.4. The maximum Gasteiger partial charge on any atom is 0.460 e. The van der Waals surface area contributed by atoms with Gasteiger partial charge in [0.05, 0.1) is 5.56 Å². The molecule has 0 bridgehead atoms. The number of benzene rings is 1. The van der Waals surface area contributed by atoms with E-state index in [0.717, 1.165) is 0 Å². The van der Waals surface area contributed by atoms with Crippen LogP contribution in [0.15, 0.2) is 18.2 Å². The van der Waals surface area contributed by atoms with Crippen LogP contribution < -0.4 is 0 Å². The molecule has 0 atom stereocenters. The molecule has 1 rings (SSSR count). The second-order valence-electron chi connectivity index (χ2n) is 11.1. The Bertz CT molecular complexity index is 1630. The van der Waals surface area contributed by atoms with Gasteiger partial charge in [0.2, 0.25) is 0 Å². The van der Waals surface area contributed by atoms with Crippen molar-refractivity contribution in [2.75, 3.05) is 0 Å². The Morgan fingerprint density at radius 1 is 0.288 bits per heavy atom. The topological polar surface area (TPSA) is 37.3 Å². The lowest BCUT2D eigenvalue weighted by molar-refractivity contribution is -0.463. The molecule has 0 saturated heterocycles. The molecular weight excluding hydrogens is 954 g/mol. The van der Waals surface area contributed by atoms with Crippen LogP contribution in [0.1, 0.15) is 21.5 Å². The molecule has 2 nitrogen and oxygen atoms in total. The number of carbonyl (C=O) groups is 1. The predicted octanol–water partition coefficient (Wildman–Crippen LogP) is 12.3. The maximum absolute atomic E-state index is 14.7. The van der Waals surface area contributed by atoms with Crippen LogP contribution in [0.2, 0.25) is 0 Å². The summed E-state index contributed by atoms with van der Waals surface area (Å²) in [6.45, 7) is 0. The number of hydrogen-bond donors (Lipinski definition) is 1. The summed E-state index contributed by atoms with van der Waals surface area (Å²) in [5, 5.41) is 8.73. The summed E-state index contributed by atoms with van der Waals surface area (Å²) in [5.41, 5.74) is -11.7. The minimum atomic E-state index is -9.47. The lowest BCUT2D eigenvalue weighted by Crippen LogP contribution is -2.74. The smallest absolute Gasteiger partial charge is 0.460 e. The molecule has 0 fully saturated rings. The zero-order valence-electron chi connectivity index (χ0n) is 25.4. The molecule has 36 heteroatoms. The molecule has 0 heterocycles. The molecule has 0 aliphatic carbocycles. The van der Waals surface area contributed by atoms with Gasteiger partial charge in [-0.25, -0.2) is 4.79 Å². The fraction of sp³-hybridized carbons (Fsp3) is 0.696.